The monoisotopic (exact) mass is 399 g/mol. The molecule has 0 aliphatic heterocycles. The van der Waals surface area contributed by atoms with E-state index in [9.17, 15) is 4.79 Å². The van der Waals surface area contributed by atoms with E-state index in [-0.39, 0.29) is 5.56 Å². The van der Waals surface area contributed by atoms with Gasteiger partial charge in [-0.25, -0.2) is 4.40 Å². The van der Waals surface area contributed by atoms with Gasteiger partial charge in [-0.3, -0.25) is 4.79 Å². The molecule has 2 aromatic heterocycles. The van der Waals surface area contributed by atoms with Crippen molar-refractivity contribution in [2.75, 3.05) is 14.2 Å². The Morgan fingerprint density at radius 3 is 2.56 bits per heavy atom. The molecule has 0 saturated heterocycles. The Hall–Kier alpha value is -2.90. The van der Waals surface area contributed by atoms with Crippen LogP contribution in [0.25, 0.3) is 22.4 Å². The van der Waals surface area contributed by atoms with Gasteiger partial charge in [0.25, 0.3) is 5.56 Å². The summed E-state index contributed by atoms with van der Waals surface area (Å²) in [6.07, 6.45) is 1.78. The third-order valence-electron chi connectivity index (χ3n) is 4.08. The minimum absolute atomic E-state index is 0.178. The number of fused-ring (bicyclic) bond motifs is 1. The minimum atomic E-state index is -0.178. The highest BCUT2D eigenvalue weighted by molar-refractivity contribution is 7.15. The van der Waals surface area contributed by atoms with E-state index in [0.717, 1.165) is 11.1 Å². The molecule has 0 spiro atoms. The van der Waals surface area contributed by atoms with Crippen LogP contribution >= 0.6 is 22.9 Å². The van der Waals surface area contributed by atoms with Gasteiger partial charge in [-0.1, -0.05) is 22.9 Å². The Morgan fingerprint density at radius 2 is 1.85 bits per heavy atom. The van der Waals surface area contributed by atoms with E-state index in [2.05, 4.69) is 10.2 Å². The molecule has 2 aromatic carbocycles. The Bertz CT molecular complexity index is 1230. The van der Waals surface area contributed by atoms with Crippen LogP contribution in [0, 0.1) is 0 Å². The van der Waals surface area contributed by atoms with Gasteiger partial charge in [-0.05, 0) is 42.5 Å². The fourth-order valence-corrected chi connectivity index (χ4v) is 3.76. The summed E-state index contributed by atoms with van der Waals surface area (Å²) < 4.78 is 12.7. The number of hydrogen-bond acceptors (Lipinski definition) is 6. The standard InChI is InChI=1S/C19H14ClN3O3S/c1-25-14-8-5-12(15(10-14)26-2)9-16-18(24)23-17(21-22-19(23)27-16)11-3-6-13(20)7-4-11/h3-10H,1-2H3/b16-9-. The maximum absolute atomic E-state index is 12.9. The summed E-state index contributed by atoms with van der Waals surface area (Å²) >= 11 is 7.21. The molecule has 0 atom stereocenters. The molecular formula is C19H14ClN3O3S. The molecule has 27 heavy (non-hydrogen) atoms. The van der Waals surface area contributed by atoms with Crippen LogP contribution < -0.4 is 19.6 Å². The zero-order chi connectivity index (χ0) is 19.0. The number of benzene rings is 2. The van der Waals surface area contributed by atoms with Crippen LogP contribution in [-0.2, 0) is 0 Å². The lowest BCUT2D eigenvalue weighted by Crippen LogP contribution is -2.23. The maximum atomic E-state index is 12.9. The normalized spacial score (nSPS) is 11.9. The Balaban J connectivity index is 1.87. The number of ether oxygens (including phenoxy) is 2. The summed E-state index contributed by atoms with van der Waals surface area (Å²) in [6, 6.07) is 12.6. The second-order valence-electron chi connectivity index (χ2n) is 5.67. The highest BCUT2D eigenvalue weighted by Gasteiger charge is 2.14. The smallest absolute Gasteiger partial charge is 0.276 e. The average Bonchev–Trinajstić information content (AvgIpc) is 3.23. The number of methoxy groups -OCH3 is 2. The van der Waals surface area contributed by atoms with Crippen LogP contribution in [0.2, 0.25) is 5.02 Å². The molecular weight excluding hydrogens is 386 g/mol. The largest absolute Gasteiger partial charge is 0.497 e. The van der Waals surface area contributed by atoms with Gasteiger partial charge in [0, 0.05) is 22.2 Å². The van der Waals surface area contributed by atoms with Gasteiger partial charge >= 0.3 is 0 Å². The Morgan fingerprint density at radius 1 is 1.07 bits per heavy atom. The number of halogens is 1. The van der Waals surface area contributed by atoms with Gasteiger partial charge in [0.15, 0.2) is 5.82 Å². The molecule has 0 radical (unpaired) electrons. The van der Waals surface area contributed by atoms with E-state index in [4.69, 9.17) is 21.1 Å². The molecule has 136 valence electrons. The fraction of sp³-hybridized carbons (Fsp3) is 0.105. The van der Waals surface area contributed by atoms with Gasteiger partial charge in [0.05, 0.1) is 18.8 Å². The van der Waals surface area contributed by atoms with E-state index in [1.165, 1.54) is 15.7 Å². The fourth-order valence-electron chi connectivity index (χ4n) is 2.73. The molecule has 4 aromatic rings. The molecule has 0 aliphatic carbocycles. The minimum Gasteiger partial charge on any atom is -0.497 e. The van der Waals surface area contributed by atoms with Gasteiger partial charge in [0.1, 0.15) is 11.5 Å². The average molecular weight is 400 g/mol. The van der Waals surface area contributed by atoms with Crippen molar-refractivity contribution in [2.24, 2.45) is 0 Å². The van der Waals surface area contributed by atoms with Gasteiger partial charge < -0.3 is 9.47 Å². The molecule has 0 saturated carbocycles. The lowest BCUT2D eigenvalue weighted by Gasteiger charge is -2.06. The highest BCUT2D eigenvalue weighted by Crippen LogP contribution is 2.25. The van der Waals surface area contributed by atoms with Gasteiger partial charge in [0.2, 0.25) is 4.96 Å². The van der Waals surface area contributed by atoms with E-state index in [1.54, 1.807) is 38.5 Å². The van der Waals surface area contributed by atoms with Gasteiger partial charge in [-0.2, -0.15) is 0 Å². The molecule has 0 fully saturated rings. The SMILES string of the molecule is COc1ccc(/C=c2\sc3nnc(-c4ccc(Cl)cc4)n3c2=O)c(OC)c1. The maximum Gasteiger partial charge on any atom is 0.276 e. The molecule has 8 heteroatoms. The first-order valence-electron chi connectivity index (χ1n) is 7.98. The highest BCUT2D eigenvalue weighted by atomic mass is 35.5. The van der Waals surface area contributed by atoms with Gasteiger partial charge in [-0.15, -0.1) is 10.2 Å². The van der Waals surface area contributed by atoms with Crippen molar-refractivity contribution in [3.8, 4) is 22.9 Å². The number of nitrogens with zero attached hydrogens (tertiary/aromatic N) is 3. The molecule has 0 aliphatic rings. The molecule has 2 heterocycles. The van der Waals surface area contributed by atoms with Crippen LogP contribution in [0.5, 0.6) is 11.5 Å². The number of thiazole rings is 1. The summed E-state index contributed by atoms with van der Waals surface area (Å²) in [5.74, 6) is 1.79. The first-order valence-corrected chi connectivity index (χ1v) is 9.18. The molecule has 0 N–H and O–H groups in total. The molecule has 0 bridgehead atoms. The summed E-state index contributed by atoms with van der Waals surface area (Å²) in [7, 11) is 3.17. The predicted octanol–water partition coefficient (Wildman–Crippen LogP) is 3.04. The van der Waals surface area contributed by atoms with Crippen molar-refractivity contribution in [2.45, 2.75) is 0 Å². The van der Waals surface area contributed by atoms with Crippen molar-refractivity contribution < 1.29 is 9.47 Å². The first-order chi connectivity index (χ1) is 13.1. The Labute approximate surface area is 163 Å². The van der Waals surface area contributed by atoms with E-state index in [0.29, 0.717) is 31.8 Å². The zero-order valence-corrected chi connectivity index (χ0v) is 16.0. The van der Waals surface area contributed by atoms with E-state index in [1.807, 2.05) is 24.3 Å². The van der Waals surface area contributed by atoms with Crippen molar-refractivity contribution in [1.29, 1.82) is 0 Å². The lowest BCUT2D eigenvalue weighted by molar-refractivity contribution is 0.393. The summed E-state index contributed by atoms with van der Waals surface area (Å²) in [5, 5.41) is 8.90. The van der Waals surface area contributed by atoms with Crippen molar-refractivity contribution in [3.05, 3.63) is 67.9 Å². The quantitative estimate of drug-likeness (QED) is 0.527. The van der Waals surface area contributed by atoms with Crippen LogP contribution in [0.3, 0.4) is 0 Å². The summed E-state index contributed by atoms with van der Waals surface area (Å²) in [5.41, 5.74) is 1.37. The second-order valence-corrected chi connectivity index (χ2v) is 7.12. The van der Waals surface area contributed by atoms with Crippen LogP contribution in [0.15, 0.2) is 47.3 Å². The lowest BCUT2D eigenvalue weighted by atomic mass is 10.2. The number of hydrogen-bond donors (Lipinski definition) is 0. The van der Waals surface area contributed by atoms with E-state index < -0.39 is 0 Å². The summed E-state index contributed by atoms with van der Waals surface area (Å²) in [6.45, 7) is 0. The molecule has 0 unspecified atom stereocenters. The first kappa shape index (κ1) is 17.5. The molecule has 0 amide bonds. The molecule has 4 rings (SSSR count). The van der Waals surface area contributed by atoms with Crippen molar-refractivity contribution in [3.63, 3.8) is 0 Å². The van der Waals surface area contributed by atoms with Crippen LogP contribution in [0.1, 0.15) is 5.56 Å². The number of aromatic nitrogens is 3. The number of rotatable bonds is 4. The summed E-state index contributed by atoms with van der Waals surface area (Å²) in [4.78, 5) is 13.5. The third-order valence-corrected chi connectivity index (χ3v) is 5.29. The topological polar surface area (TPSA) is 65.7 Å². The van der Waals surface area contributed by atoms with Crippen molar-refractivity contribution in [1.82, 2.24) is 14.6 Å². The van der Waals surface area contributed by atoms with Crippen LogP contribution in [-0.4, -0.2) is 28.8 Å². The molecule has 6 nitrogen and oxygen atoms in total. The zero-order valence-electron chi connectivity index (χ0n) is 14.5. The van der Waals surface area contributed by atoms with Crippen LogP contribution in [0.4, 0.5) is 0 Å². The predicted molar refractivity (Wildman–Crippen MR) is 106 cm³/mol. The van der Waals surface area contributed by atoms with E-state index >= 15 is 0 Å². The van der Waals surface area contributed by atoms with Crippen molar-refractivity contribution >= 4 is 34.0 Å². The third kappa shape index (κ3) is 3.15. The second kappa shape index (κ2) is 7.02. The Kier molecular flexibility index (Phi) is 4.55.